The van der Waals surface area contributed by atoms with Gasteiger partial charge in [0.2, 0.25) is 0 Å². The number of hydrogen-bond acceptors (Lipinski definition) is 6. The van der Waals surface area contributed by atoms with Gasteiger partial charge in [0.1, 0.15) is 5.69 Å². The zero-order valence-electron chi connectivity index (χ0n) is 17.6. The summed E-state index contributed by atoms with van der Waals surface area (Å²) in [6.45, 7) is 6.89. The van der Waals surface area contributed by atoms with Gasteiger partial charge in [0.05, 0.1) is 36.7 Å². The van der Waals surface area contributed by atoms with Gasteiger partial charge in [-0.2, -0.15) is 10.1 Å². The van der Waals surface area contributed by atoms with Crippen LogP contribution in [0, 0.1) is 6.92 Å². The number of fused-ring (bicyclic) bond motifs is 1. The molecule has 156 valence electrons. The summed E-state index contributed by atoms with van der Waals surface area (Å²) in [7, 11) is 4.84. The number of nitrogens with zero attached hydrogens (tertiary/aromatic N) is 4. The second-order valence-electron chi connectivity index (χ2n) is 6.83. The van der Waals surface area contributed by atoms with Gasteiger partial charge in [-0.1, -0.05) is 11.3 Å². The van der Waals surface area contributed by atoms with Gasteiger partial charge in [0.25, 0.3) is 5.91 Å². The van der Waals surface area contributed by atoms with Gasteiger partial charge in [-0.15, -0.1) is 0 Å². The predicted octanol–water partition coefficient (Wildman–Crippen LogP) is 3.19. The molecule has 0 aliphatic carbocycles. The summed E-state index contributed by atoms with van der Waals surface area (Å²) in [5.74, 6) is 0.929. The Labute approximate surface area is 173 Å². The molecule has 0 fully saturated rings. The van der Waals surface area contributed by atoms with E-state index in [9.17, 15) is 4.79 Å². The van der Waals surface area contributed by atoms with Crippen LogP contribution >= 0.6 is 11.3 Å². The fraction of sp³-hybridized carbons (Fsp3) is 0.450. The van der Waals surface area contributed by atoms with E-state index in [4.69, 9.17) is 14.2 Å². The van der Waals surface area contributed by atoms with E-state index in [0.29, 0.717) is 35.1 Å². The molecular formula is C20H26N4O4S. The molecule has 0 radical (unpaired) electrons. The molecule has 2 heterocycles. The van der Waals surface area contributed by atoms with Crippen LogP contribution in [0.25, 0.3) is 10.2 Å². The number of carbonyl (C=O) groups is 1. The van der Waals surface area contributed by atoms with Crippen LogP contribution in [0.2, 0.25) is 0 Å². The van der Waals surface area contributed by atoms with Crippen LogP contribution in [0.5, 0.6) is 11.5 Å². The maximum absolute atomic E-state index is 13.0. The van der Waals surface area contributed by atoms with E-state index >= 15 is 0 Å². The zero-order chi connectivity index (χ0) is 21.1. The van der Waals surface area contributed by atoms with Crippen molar-refractivity contribution >= 4 is 27.5 Å². The minimum absolute atomic E-state index is 0.0643. The van der Waals surface area contributed by atoms with Crippen LogP contribution in [-0.4, -0.2) is 48.2 Å². The smallest absolute Gasteiger partial charge is 0.297 e. The van der Waals surface area contributed by atoms with E-state index in [1.807, 2.05) is 37.5 Å². The first-order valence-electron chi connectivity index (χ1n) is 9.29. The normalized spacial score (nSPS) is 12.2. The molecule has 29 heavy (non-hydrogen) atoms. The predicted molar refractivity (Wildman–Crippen MR) is 112 cm³/mol. The first-order valence-corrected chi connectivity index (χ1v) is 10.1. The van der Waals surface area contributed by atoms with Gasteiger partial charge in [-0.25, -0.2) is 0 Å². The van der Waals surface area contributed by atoms with Crippen LogP contribution in [-0.2, 0) is 11.3 Å². The van der Waals surface area contributed by atoms with Crippen molar-refractivity contribution in [2.75, 3.05) is 27.9 Å². The number of ether oxygens (including phenoxy) is 3. The van der Waals surface area contributed by atoms with E-state index in [2.05, 4.69) is 10.1 Å². The Hall–Kier alpha value is -2.65. The van der Waals surface area contributed by atoms with Gasteiger partial charge >= 0.3 is 0 Å². The molecule has 1 aromatic carbocycles. The van der Waals surface area contributed by atoms with Crippen molar-refractivity contribution in [2.24, 2.45) is 4.99 Å². The van der Waals surface area contributed by atoms with Gasteiger partial charge in [-0.3, -0.25) is 9.48 Å². The number of amides is 1. The number of benzene rings is 1. The van der Waals surface area contributed by atoms with Crippen molar-refractivity contribution in [3.63, 3.8) is 0 Å². The number of aryl methyl sites for hydroxylation is 1. The lowest BCUT2D eigenvalue weighted by atomic mass is 10.3. The lowest BCUT2D eigenvalue weighted by Gasteiger charge is -2.09. The Kier molecular flexibility index (Phi) is 6.39. The Morgan fingerprint density at radius 1 is 1.17 bits per heavy atom. The van der Waals surface area contributed by atoms with E-state index in [0.717, 1.165) is 15.9 Å². The molecule has 0 unspecified atom stereocenters. The maximum atomic E-state index is 13.0. The van der Waals surface area contributed by atoms with Crippen molar-refractivity contribution in [1.29, 1.82) is 0 Å². The quantitative estimate of drug-likeness (QED) is 0.589. The SMILES string of the molecule is COCCn1c(=NC(=O)c2cc(C)nn2C(C)C)sc2cc(OC)c(OC)cc21. The summed E-state index contributed by atoms with van der Waals surface area (Å²) in [6, 6.07) is 5.62. The molecule has 0 bridgehead atoms. The highest BCUT2D eigenvalue weighted by atomic mass is 32.1. The largest absolute Gasteiger partial charge is 0.493 e. The van der Waals surface area contributed by atoms with E-state index < -0.39 is 0 Å². The lowest BCUT2D eigenvalue weighted by molar-refractivity contribution is 0.0985. The number of thiazole rings is 1. The fourth-order valence-corrected chi connectivity index (χ4v) is 4.16. The van der Waals surface area contributed by atoms with E-state index in [1.54, 1.807) is 32.1 Å². The average molecular weight is 419 g/mol. The zero-order valence-corrected chi connectivity index (χ0v) is 18.4. The Bertz CT molecular complexity index is 1090. The van der Waals surface area contributed by atoms with Crippen molar-refractivity contribution < 1.29 is 19.0 Å². The average Bonchev–Trinajstić information content (AvgIpc) is 3.25. The molecule has 0 saturated carbocycles. The first kappa shape index (κ1) is 21.1. The van der Waals surface area contributed by atoms with Crippen LogP contribution in [0.4, 0.5) is 0 Å². The van der Waals surface area contributed by atoms with Gasteiger partial charge in [-0.05, 0) is 26.8 Å². The Morgan fingerprint density at radius 3 is 2.48 bits per heavy atom. The molecule has 8 nitrogen and oxygen atoms in total. The fourth-order valence-electron chi connectivity index (χ4n) is 3.09. The van der Waals surface area contributed by atoms with Crippen molar-refractivity contribution in [3.05, 3.63) is 34.4 Å². The molecule has 0 aliphatic rings. The molecule has 0 spiro atoms. The standard InChI is InChI=1S/C20H26N4O4S/c1-12(2)24-15(9-13(3)22-24)19(25)21-20-23(7-8-26-4)14-10-16(27-5)17(28-6)11-18(14)29-20/h9-12H,7-8H2,1-6H3. The molecule has 9 heteroatoms. The molecule has 1 amide bonds. The number of rotatable bonds is 7. The minimum atomic E-state index is -0.323. The molecule has 0 saturated heterocycles. The third-order valence-electron chi connectivity index (χ3n) is 4.47. The van der Waals surface area contributed by atoms with Crippen molar-refractivity contribution in [3.8, 4) is 11.5 Å². The number of aromatic nitrogens is 3. The highest BCUT2D eigenvalue weighted by molar-refractivity contribution is 7.16. The topological polar surface area (TPSA) is 79.9 Å². The molecule has 3 aromatic rings. The summed E-state index contributed by atoms with van der Waals surface area (Å²) in [5, 5.41) is 4.41. The molecule has 3 rings (SSSR count). The first-order chi connectivity index (χ1) is 13.9. The summed E-state index contributed by atoms with van der Waals surface area (Å²) in [6.07, 6.45) is 0. The maximum Gasteiger partial charge on any atom is 0.297 e. The van der Waals surface area contributed by atoms with Crippen LogP contribution in [0.15, 0.2) is 23.2 Å². The van der Waals surface area contributed by atoms with Crippen LogP contribution in [0.1, 0.15) is 36.1 Å². The second kappa shape index (κ2) is 8.79. The monoisotopic (exact) mass is 418 g/mol. The summed E-state index contributed by atoms with van der Waals surface area (Å²) < 4.78 is 20.7. The second-order valence-corrected chi connectivity index (χ2v) is 7.84. The Morgan fingerprint density at radius 2 is 1.86 bits per heavy atom. The highest BCUT2D eigenvalue weighted by Crippen LogP contribution is 2.33. The summed E-state index contributed by atoms with van der Waals surface area (Å²) in [4.78, 5) is 18.0. The molecule has 0 atom stereocenters. The third kappa shape index (κ3) is 4.20. The molecule has 0 aliphatic heterocycles. The van der Waals surface area contributed by atoms with Gasteiger partial charge < -0.3 is 18.8 Å². The van der Waals surface area contributed by atoms with Crippen LogP contribution in [0.3, 0.4) is 0 Å². The van der Waals surface area contributed by atoms with Gasteiger partial charge in [0.15, 0.2) is 16.3 Å². The summed E-state index contributed by atoms with van der Waals surface area (Å²) >= 11 is 1.42. The van der Waals surface area contributed by atoms with Crippen molar-refractivity contribution in [1.82, 2.24) is 14.3 Å². The number of hydrogen-bond donors (Lipinski definition) is 0. The third-order valence-corrected chi connectivity index (χ3v) is 5.51. The van der Waals surface area contributed by atoms with Crippen molar-refractivity contribution in [2.45, 2.75) is 33.4 Å². The van der Waals surface area contributed by atoms with Gasteiger partial charge in [0, 0.05) is 31.8 Å². The molecule has 0 N–H and O–H groups in total. The summed E-state index contributed by atoms with van der Waals surface area (Å²) in [5.41, 5.74) is 2.17. The minimum Gasteiger partial charge on any atom is -0.493 e. The number of methoxy groups -OCH3 is 3. The van der Waals surface area contributed by atoms with E-state index in [1.165, 1.54) is 11.3 Å². The molecular weight excluding hydrogens is 392 g/mol. The lowest BCUT2D eigenvalue weighted by Crippen LogP contribution is -2.20. The Balaban J connectivity index is 2.18. The highest BCUT2D eigenvalue weighted by Gasteiger charge is 2.17. The number of carbonyl (C=O) groups excluding carboxylic acids is 1. The van der Waals surface area contributed by atoms with Crippen LogP contribution < -0.4 is 14.3 Å². The molecule has 2 aromatic heterocycles. The van der Waals surface area contributed by atoms with E-state index in [-0.39, 0.29) is 11.9 Å².